The maximum Gasteiger partial charge on any atom is 0.416 e. The number of amides is 1. The smallest absolute Gasteiger partial charge is 0.416 e. The summed E-state index contributed by atoms with van der Waals surface area (Å²) < 4.78 is 91.6. The minimum Gasteiger partial charge on any atom is -0.496 e. The number of rotatable bonds is 8. The Morgan fingerprint density at radius 3 is 2.09 bits per heavy atom. The standard InChI is InChI=1S/C28H25F6N3O3.C7H14/c1-16-25(17-12-18(27(29,30)31)14-19(13-17)28(32,33)34)40-26(38)37(16)15-22-20(21-6-3-4-7-23(21)39-2)8-9-24(35-22)36-10-5-11-36;1-2-4-7-5-3-6-7/h3-4,6-9,12-14,16,25H,5,10-11,15H2,1-2H3;7H,2-6H2,1H3. The number of ether oxygens (including phenoxy) is 2. The second kappa shape index (κ2) is 14.0. The first kappa shape index (κ1) is 34.4. The van der Waals surface area contributed by atoms with Gasteiger partial charge >= 0.3 is 18.4 Å². The van der Waals surface area contributed by atoms with Crippen LogP contribution in [-0.2, 0) is 23.6 Å². The first-order chi connectivity index (χ1) is 22.3. The number of halogens is 6. The number of anilines is 1. The minimum atomic E-state index is -5.02. The van der Waals surface area contributed by atoms with Crippen molar-refractivity contribution in [2.24, 2.45) is 5.92 Å². The molecule has 2 atom stereocenters. The van der Waals surface area contributed by atoms with E-state index in [1.54, 1.807) is 12.1 Å². The van der Waals surface area contributed by atoms with Gasteiger partial charge in [0.2, 0.25) is 0 Å². The van der Waals surface area contributed by atoms with Crippen molar-refractivity contribution in [2.75, 3.05) is 25.1 Å². The highest BCUT2D eigenvalue weighted by atomic mass is 19.4. The molecule has 6 nitrogen and oxygen atoms in total. The molecule has 1 amide bonds. The van der Waals surface area contributed by atoms with Crippen molar-refractivity contribution in [3.63, 3.8) is 0 Å². The zero-order chi connectivity index (χ0) is 33.9. The monoisotopic (exact) mass is 663 g/mol. The average molecular weight is 664 g/mol. The minimum absolute atomic E-state index is 0.0490. The summed E-state index contributed by atoms with van der Waals surface area (Å²) in [5.74, 6) is 2.40. The second-order valence-corrected chi connectivity index (χ2v) is 12.3. The third-order valence-corrected chi connectivity index (χ3v) is 9.11. The van der Waals surface area contributed by atoms with Gasteiger partial charge in [0, 0.05) is 24.2 Å². The lowest BCUT2D eigenvalue weighted by molar-refractivity contribution is -0.143. The summed E-state index contributed by atoms with van der Waals surface area (Å²) in [5, 5.41) is 0. The largest absolute Gasteiger partial charge is 0.496 e. The molecule has 1 aliphatic carbocycles. The van der Waals surface area contributed by atoms with Crippen LogP contribution in [0.4, 0.5) is 37.0 Å². The van der Waals surface area contributed by atoms with Crippen LogP contribution in [0.5, 0.6) is 5.75 Å². The van der Waals surface area contributed by atoms with Gasteiger partial charge in [-0.2, -0.15) is 26.3 Å². The second-order valence-electron chi connectivity index (χ2n) is 12.3. The summed E-state index contributed by atoms with van der Waals surface area (Å²) in [7, 11) is 1.52. The molecule has 1 saturated carbocycles. The van der Waals surface area contributed by atoms with Gasteiger partial charge in [-0.25, -0.2) is 9.78 Å². The van der Waals surface area contributed by atoms with Crippen molar-refractivity contribution >= 4 is 11.9 Å². The number of alkyl halides is 6. The average Bonchev–Trinajstić information content (AvgIpc) is 3.26. The highest BCUT2D eigenvalue weighted by Gasteiger charge is 2.43. The Morgan fingerprint density at radius 1 is 0.915 bits per heavy atom. The summed E-state index contributed by atoms with van der Waals surface area (Å²) in [6.07, 6.45) is -3.83. The lowest BCUT2D eigenvalue weighted by Gasteiger charge is -2.33. The summed E-state index contributed by atoms with van der Waals surface area (Å²) in [4.78, 5) is 21.1. The van der Waals surface area contributed by atoms with E-state index >= 15 is 0 Å². The van der Waals surface area contributed by atoms with Crippen LogP contribution in [0.25, 0.3) is 11.1 Å². The summed E-state index contributed by atoms with van der Waals surface area (Å²) in [5.41, 5.74) is -1.46. The maximum atomic E-state index is 13.5. The summed E-state index contributed by atoms with van der Waals surface area (Å²) >= 11 is 0. The molecule has 0 radical (unpaired) electrons. The molecule has 2 saturated heterocycles. The van der Waals surface area contributed by atoms with Crippen LogP contribution in [0.2, 0.25) is 0 Å². The van der Waals surface area contributed by atoms with Gasteiger partial charge in [-0.1, -0.05) is 57.2 Å². The van der Waals surface area contributed by atoms with Crippen molar-refractivity contribution in [1.29, 1.82) is 0 Å². The van der Waals surface area contributed by atoms with Crippen LogP contribution >= 0.6 is 0 Å². The molecule has 12 heteroatoms. The fraction of sp³-hybridized carbons (Fsp3) is 0.486. The van der Waals surface area contributed by atoms with E-state index < -0.39 is 47.3 Å². The summed E-state index contributed by atoms with van der Waals surface area (Å²) in [6.45, 7) is 5.35. The molecule has 2 unspecified atom stereocenters. The van der Waals surface area contributed by atoms with Crippen molar-refractivity contribution in [2.45, 2.75) is 83.4 Å². The molecular formula is C35H39F6N3O3. The molecular weight excluding hydrogens is 624 g/mol. The summed E-state index contributed by atoms with van der Waals surface area (Å²) in [6, 6.07) is 11.3. The predicted molar refractivity (Wildman–Crippen MR) is 166 cm³/mol. The van der Waals surface area contributed by atoms with Crippen LogP contribution in [0.15, 0.2) is 54.6 Å². The van der Waals surface area contributed by atoms with E-state index in [-0.39, 0.29) is 12.6 Å². The first-order valence-electron chi connectivity index (χ1n) is 15.9. The van der Waals surface area contributed by atoms with Crippen LogP contribution in [-0.4, -0.2) is 42.2 Å². The van der Waals surface area contributed by atoms with Gasteiger partial charge in [0.05, 0.1) is 36.5 Å². The SMILES string of the molecule is CCCC1CCC1.COc1ccccc1-c1ccc(N2CCC2)nc1CN1C(=O)OC(c2cc(C(F)(F)F)cc(C(F)(F)F)c2)C1C. The number of nitrogens with zero attached hydrogens (tertiary/aromatic N) is 3. The molecule has 3 heterocycles. The van der Waals surface area contributed by atoms with E-state index in [2.05, 4.69) is 11.8 Å². The molecule has 0 spiro atoms. The maximum absolute atomic E-state index is 13.5. The molecule has 1 aromatic heterocycles. The molecule has 3 aliphatic rings. The molecule has 2 aliphatic heterocycles. The first-order valence-corrected chi connectivity index (χ1v) is 15.9. The molecule has 0 N–H and O–H groups in total. The number of cyclic esters (lactones) is 1. The Labute approximate surface area is 270 Å². The van der Waals surface area contributed by atoms with Crippen molar-refractivity contribution < 1.29 is 40.6 Å². The van der Waals surface area contributed by atoms with Crippen LogP contribution in [0.3, 0.4) is 0 Å². The van der Waals surface area contributed by atoms with E-state index in [1.807, 2.05) is 24.3 Å². The molecule has 3 fully saturated rings. The van der Waals surface area contributed by atoms with Crippen molar-refractivity contribution in [1.82, 2.24) is 9.88 Å². The van der Waals surface area contributed by atoms with E-state index in [0.717, 1.165) is 25.4 Å². The van der Waals surface area contributed by atoms with Gasteiger partial charge < -0.3 is 14.4 Å². The molecule has 3 aromatic rings. The predicted octanol–water partition coefficient (Wildman–Crippen LogP) is 9.67. The number of carbonyl (C=O) groups is 1. The number of carbonyl (C=O) groups excluding carboxylic acids is 1. The molecule has 47 heavy (non-hydrogen) atoms. The molecule has 0 bridgehead atoms. The fourth-order valence-electron chi connectivity index (χ4n) is 6.10. The highest BCUT2D eigenvalue weighted by Crippen LogP contribution is 2.42. The number of hydrogen-bond donors (Lipinski definition) is 0. The Bertz CT molecular complexity index is 1520. The van der Waals surface area contributed by atoms with E-state index in [9.17, 15) is 31.1 Å². The van der Waals surface area contributed by atoms with Crippen LogP contribution < -0.4 is 9.64 Å². The van der Waals surface area contributed by atoms with Crippen LogP contribution in [0.1, 0.15) is 80.9 Å². The zero-order valence-corrected chi connectivity index (χ0v) is 26.6. The quantitative estimate of drug-likeness (QED) is 0.225. The van der Waals surface area contributed by atoms with Crippen molar-refractivity contribution in [3.8, 4) is 16.9 Å². The number of pyridine rings is 1. The topological polar surface area (TPSA) is 54.9 Å². The highest BCUT2D eigenvalue weighted by molar-refractivity contribution is 5.75. The third-order valence-electron chi connectivity index (χ3n) is 9.11. The Morgan fingerprint density at radius 2 is 1.57 bits per heavy atom. The Balaban J connectivity index is 0.000000549. The van der Waals surface area contributed by atoms with E-state index in [4.69, 9.17) is 14.5 Å². The van der Waals surface area contributed by atoms with E-state index in [1.165, 1.54) is 51.0 Å². The number of methoxy groups -OCH3 is 1. The van der Waals surface area contributed by atoms with Gasteiger partial charge in [-0.3, -0.25) is 4.90 Å². The molecule has 6 rings (SSSR count). The molecule has 2 aromatic carbocycles. The van der Waals surface area contributed by atoms with E-state index in [0.29, 0.717) is 40.5 Å². The van der Waals surface area contributed by atoms with Crippen LogP contribution in [0, 0.1) is 5.92 Å². The third kappa shape index (κ3) is 7.79. The Kier molecular flexibility index (Phi) is 10.3. The number of benzene rings is 2. The zero-order valence-electron chi connectivity index (χ0n) is 26.6. The van der Waals surface area contributed by atoms with Gasteiger partial charge in [0.15, 0.2) is 0 Å². The van der Waals surface area contributed by atoms with Gasteiger partial charge in [-0.15, -0.1) is 0 Å². The van der Waals surface area contributed by atoms with Gasteiger partial charge in [0.1, 0.15) is 17.7 Å². The normalized spacial score (nSPS) is 19.8. The lowest BCUT2D eigenvalue weighted by atomic mass is 9.82. The Hall–Kier alpha value is -3.96. The van der Waals surface area contributed by atoms with Gasteiger partial charge in [-0.05, 0) is 61.2 Å². The lowest BCUT2D eigenvalue weighted by Crippen LogP contribution is -2.38. The number of aromatic nitrogens is 1. The molecule has 254 valence electrons. The number of hydrogen-bond acceptors (Lipinski definition) is 5. The number of para-hydroxylation sites is 1. The van der Waals surface area contributed by atoms with Gasteiger partial charge in [0.25, 0.3) is 0 Å². The fourth-order valence-corrected chi connectivity index (χ4v) is 6.10. The van der Waals surface area contributed by atoms with Crippen molar-refractivity contribution in [3.05, 3.63) is 77.0 Å².